The molecule has 3 nitrogen and oxygen atoms in total. The van der Waals surface area contributed by atoms with E-state index < -0.39 is 0 Å². The number of fused-ring (bicyclic) bond motifs is 1. The molecule has 1 aromatic carbocycles. The van der Waals surface area contributed by atoms with Crippen LogP contribution in [0, 0.1) is 6.92 Å². The second-order valence-electron chi connectivity index (χ2n) is 7.35. The van der Waals surface area contributed by atoms with Crippen LogP contribution in [0.3, 0.4) is 0 Å². The summed E-state index contributed by atoms with van der Waals surface area (Å²) in [5.74, 6) is 0.847. The van der Waals surface area contributed by atoms with Gasteiger partial charge in [0.25, 0.3) is 0 Å². The Morgan fingerprint density at radius 1 is 1.25 bits per heavy atom. The predicted octanol–water partition coefficient (Wildman–Crippen LogP) is 5.07. The number of hydrogen-bond acceptors (Lipinski definition) is 3. The van der Waals surface area contributed by atoms with Gasteiger partial charge in [-0.25, -0.2) is 4.98 Å². The number of amides is 1. The van der Waals surface area contributed by atoms with Crippen molar-refractivity contribution >= 4 is 22.9 Å². The number of benzene rings is 1. The zero-order valence-electron chi connectivity index (χ0n) is 14.6. The molecule has 0 unspecified atom stereocenters. The minimum absolute atomic E-state index is 0.194. The molecule has 0 atom stereocenters. The minimum Gasteiger partial charge on any atom is -0.309 e. The number of nitrogens with zero attached hydrogens (tertiary/aromatic N) is 2. The maximum absolute atomic E-state index is 12.5. The van der Waals surface area contributed by atoms with E-state index in [0.29, 0.717) is 12.3 Å². The molecule has 126 valence electrons. The third-order valence-electron chi connectivity index (χ3n) is 5.38. The van der Waals surface area contributed by atoms with Gasteiger partial charge in [-0.3, -0.25) is 4.79 Å². The average Bonchev–Trinajstić information content (AvgIpc) is 3.24. The number of carbonyl (C=O) groups excluding carboxylic acids is 1. The molecule has 1 saturated carbocycles. The highest BCUT2D eigenvalue weighted by atomic mass is 32.1. The lowest BCUT2D eigenvalue weighted by atomic mass is 9.99. The molecule has 4 heteroatoms. The molecule has 2 aliphatic rings. The van der Waals surface area contributed by atoms with Crippen LogP contribution in [-0.4, -0.2) is 16.9 Å². The molecular weight excluding hydrogens is 316 g/mol. The summed E-state index contributed by atoms with van der Waals surface area (Å²) < 4.78 is 0. The Labute approximate surface area is 147 Å². The van der Waals surface area contributed by atoms with E-state index in [1.165, 1.54) is 48.1 Å². The lowest BCUT2D eigenvalue weighted by Gasteiger charge is -2.22. The van der Waals surface area contributed by atoms with Crippen molar-refractivity contribution in [1.29, 1.82) is 0 Å². The van der Waals surface area contributed by atoms with Gasteiger partial charge < -0.3 is 4.90 Å². The van der Waals surface area contributed by atoms with Crippen molar-refractivity contribution in [2.24, 2.45) is 0 Å². The first kappa shape index (κ1) is 15.8. The summed E-state index contributed by atoms with van der Waals surface area (Å²) in [4.78, 5) is 19.4. The van der Waals surface area contributed by atoms with Crippen molar-refractivity contribution in [3.63, 3.8) is 0 Å². The Balaban J connectivity index is 1.78. The molecule has 4 rings (SSSR count). The molecule has 2 aromatic rings. The van der Waals surface area contributed by atoms with Crippen molar-refractivity contribution in [2.45, 2.75) is 64.8 Å². The van der Waals surface area contributed by atoms with E-state index in [1.807, 2.05) is 4.90 Å². The van der Waals surface area contributed by atoms with Crippen molar-refractivity contribution in [3.8, 4) is 10.6 Å². The van der Waals surface area contributed by atoms with Crippen LogP contribution >= 0.6 is 11.3 Å². The summed E-state index contributed by atoms with van der Waals surface area (Å²) in [5, 5.41) is 3.32. The quantitative estimate of drug-likeness (QED) is 0.781. The average molecular weight is 340 g/mol. The number of rotatable bonds is 3. The van der Waals surface area contributed by atoms with Gasteiger partial charge in [-0.2, -0.15) is 0 Å². The van der Waals surface area contributed by atoms with Crippen molar-refractivity contribution < 1.29 is 4.79 Å². The van der Waals surface area contributed by atoms with E-state index in [1.54, 1.807) is 11.3 Å². The second kappa shape index (κ2) is 5.99. The third-order valence-corrected chi connectivity index (χ3v) is 6.26. The SMILES string of the molecule is Cc1ccc2c(c1-c1nc(C3CCCC3)cs1)CC(=O)N2C(C)C. The number of carbonyl (C=O) groups is 1. The summed E-state index contributed by atoms with van der Waals surface area (Å²) in [6.45, 7) is 6.29. The van der Waals surface area contributed by atoms with Gasteiger partial charge in [-0.05, 0) is 50.8 Å². The zero-order chi connectivity index (χ0) is 16.8. The number of hydrogen-bond donors (Lipinski definition) is 0. The van der Waals surface area contributed by atoms with Crippen LogP contribution in [0.25, 0.3) is 10.6 Å². The Bertz CT molecular complexity index is 787. The minimum atomic E-state index is 0.194. The monoisotopic (exact) mass is 340 g/mol. The largest absolute Gasteiger partial charge is 0.309 e. The molecule has 1 aliphatic heterocycles. The van der Waals surface area contributed by atoms with Crippen LogP contribution in [-0.2, 0) is 11.2 Å². The molecule has 2 heterocycles. The Morgan fingerprint density at radius 2 is 2.00 bits per heavy atom. The van der Waals surface area contributed by atoms with E-state index in [0.717, 1.165) is 10.7 Å². The molecule has 0 bridgehead atoms. The molecule has 0 N–H and O–H groups in total. The van der Waals surface area contributed by atoms with Crippen molar-refractivity contribution in [3.05, 3.63) is 34.3 Å². The molecule has 0 radical (unpaired) electrons. The fourth-order valence-electron chi connectivity index (χ4n) is 4.20. The highest BCUT2D eigenvalue weighted by Crippen LogP contribution is 2.42. The lowest BCUT2D eigenvalue weighted by molar-refractivity contribution is -0.117. The normalized spacial score (nSPS) is 18.0. The fraction of sp³-hybridized carbons (Fsp3) is 0.500. The van der Waals surface area contributed by atoms with E-state index in [-0.39, 0.29) is 11.9 Å². The third kappa shape index (κ3) is 2.48. The highest BCUT2D eigenvalue weighted by molar-refractivity contribution is 7.13. The standard InChI is InChI=1S/C20H24N2OS/c1-12(2)22-17-9-8-13(3)19(15(17)10-18(22)23)20-21-16(11-24-20)14-6-4-5-7-14/h8-9,11-12,14H,4-7,10H2,1-3H3. The highest BCUT2D eigenvalue weighted by Gasteiger charge is 2.32. The van der Waals surface area contributed by atoms with Crippen molar-refractivity contribution in [1.82, 2.24) is 4.98 Å². The molecule has 1 amide bonds. The first-order valence-electron chi connectivity index (χ1n) is 8.96. The van der Waals surface area contributed by atoms with E-state index in [2.05, 4.69) is 38.3 Å². The Kier molecular flexibility index (Phi) is 3.95. The van der Waals surface area contributed by atoms with Crippen LogP contribution in [0.5, 0.6) is 0 Å². The van der Waals surface area contributed by atoms with Crippen molar-refractivity contribution in [2.75, 3.05) is 4.90 Å². The number of anilines is 1. The zero-order valence-corrected chi connectivity index (χ0v) is 15.4. The van der Waals surface area contributed by atoms with E-state index >= 15 is 0 Å². The smallest absolute Gasteiger partial charge is 0.231 e. The molecule has 1 aliphatic carbocycles. The van der Waals surface area contributed by atoms with Crippen LogP contribution in [0.2, 0.25) is 0 Å². The van der Waals surface area contributed by atoms with Gasteiger partial charge in [-0.1, -0.05) is 18.9 Å². The maximum Gasteiger partial charge on any atom is 0.231 e. The number of aryl methyl sites for hydroxylation is 1. The predicted molar refractivity (Wildman–Crippen MR) is 99.8 cm³/mol. The molecule has 0 saturated heterocycles. The molecule has 1 fully saturated rings. The number of aromatic nitrogens is 1. The summed E-state index contributed by atoms with van der Waals surface area (Å²) in [6.07, 6.45) is 5.70. The van der Waals surface area contributed by atoms with Gasteiger partial charge in [0.05, 0.1) is 12.1 Å². The molecule has 1 aromatic heterocycles. The Morgan fingerprint density at radius 3 is 2.71 bits per heavy atom. The van der Waals surface area contributed by atoms with Crippen LogP contribution < -0.4 is 4.90 Å². The van der Waals surface area contributed by atoms with Gasteiger partial charge >= 0.3 is 0 Å². The first-order valence-corrected chi connectivity index (χ1v) is 9.84. The number of thiazole rings is 1. The summed E-state index contributed by atoms with van der Waals surface area (Å²) >= 11 is 1.74. The lowest BCUT2D eigenvalue weighted by Crippen LogP contribution is -2.33. The van der Waals surface area contributed by atoms with E-state index in [4.69, 9.17) is 4.98 Å². The van der Waals surface area contributed by atoms with Gasteiger partial charge in [0, 0.05) is 28.6 Å². The van der Waals surface area contributed by atoms with Gasteiger partial charge in [0.15, 0.2) is 0 Å². The summed E-state index contributed by atoms with van der Waals surface area (Å²) in [5.41, 5.74) is 5.92. The van der Waals surface area contributed by atoms with Crippen LogP contribution in [0.15, 0.2) is 17.5 Å². The molecule has 0 spiro atoms. The topological polar surface area (TPSA) is 33.2 Å². The second-order valence-corrected chi connectivity index (χ2v) is 8.21. The van der Waals surface area contributed by atoms with Gasteiger partial charge in [-0.15, -0.1) is 11.3 Å². The fourth-order valence-corrected chi connectivity index (χ4v) is 5.24. The Hall–Kier alpha value is -1.68. The van der Waals surface area contributed by atoms with Gasteiger partial charge in [0.1, 0.15) is 5.01 Å². The maximum atomic E-state index is 12.5. The van der Waals surface area contributed by atoms with Crippen LogP contribution in [0.1, 0.15) is 62.3 Å². The summed E-state index contributed by atoms with van der Waals surface area (Å²) in [7, 11) is 0. The molecule has 24 heavy (non-hydrogen) atoms. The van der Waals surface area contributed by atoms with Gasteiger partial charge in [0.2, 0.25) is 5.91 Å². The van der Waals surface area contributed by atoms with Crippen LogP contribution in [0.4, 0.5) is 5.69 Å². The molecular formula is C20H24N2OS. The first-order chi connectivity index (χ1) is 11.6. The van der Waals surface area contributed by atoms with E-state index in [9.17, 15) is 4.79 Å². The summed E-state index contributed by atoms with van der Waals surface area (Å²) in [6, 6.07) is 4.43.